The first-order chi connectivity index (χ1) is 47.1. The topological polar surface area (TPSA) is 350 Å². The standard InChI is InChI=1S/C70H89N11O17S/c1-10-49-52-35-47(82)18-20-56(52)74-63-54(49)38-81-57(63)36-55-51(67(81)89)19-21-60(85)70(55,11-2)98-69(91)77(7)28-27-76(6)68(90)97-40-44-14-16-46(17-15-44)73-65(87)43(5)33-59(84)62(42(3)4)75-61(86)23-29-95-31-32-96-30-25-72-66(88)45(41-99(92,93)94)34-48(83)22-26-80-58-39-79(9)78(8)37-53(58)50-13-12-24-71-64(50)80/h12-18,20,24,35-36,42-43,45,62,82H,10-11,19,21-23,25-34,37-41H2,1-9H3,(H,72,88)(H,73,87)(H,75,86)(H,92,93,94)/t43-,45+,62+,70+/m1/s1. The molecule has 4 atom stereocenters. The number of aromatic hydroxyl groups is 1. The average Bonchev–Trinajstić information content (AvgIpc) is 1.49. The number of ether oxygens (including phenoxy) is 4. The van der Waals surface area contributed by atoms with Gasteiger partial charge >= 0.3 is 12.2 Å². The molecule has 9 rings (SSSR count). The number of hydrogen-bond donors (Lipinski definition) is 5. The van der Waals surface area contributed by atoms with Gasteiger partial charge in [0.05, 0.1) is 74.1 Å². The summed E-state index contributed by atoms with van der Waals surface area (Å²) in [7, 11) is 2.33. The van der Waals surface area contributed by atoms with Gasteiger partial charge in [0.25, 0.3) is 15.7 Å². The van der Waals surface area contributed by atoms with Crippen molar-refractivity contribution in [2.24, 2.45) is 17.8 Å². The van der Waals surface area contributed by atoms with Crippen LogP contribution in [-0.2, 0) is 109 Å². The smallest absolute Gasteiger partial charge is 0.410 e. The molecule has 99 heavy (non-hydrogen) atoms. The number of phenols is 1. The third kappa shape index (κ3) is 17.5. The predicted octanol–water partition coefficient (Wildman–Crippen LogP) is 6.06. The molecule has 0 unspecified atom stereocenters. The summed E-state index contributed by atoms with van der Waals surface area (Å²) in [4.78, 5) is 133. The zero-order chi connectivity index (χ0) is 71.6. The Hall–Kier alpha value is -9.00. The highest BCUT2D eigenvalue weighted by molar-refractivity contribution is 7.85. The quantitative estimate of drug-likeness (QED) is 0.0236. The van der Waals surface area contributed by atoms with Crippen LogP contribution in [0.15, 0.2) is 71.7 Å². The zero-order valence-corrected chi connectivity index (χ0v) is 58.3. The Bertz CT molecular complexity index is 4230. The molecule has 0 spiro atoms. The highest BCUT2D eigenvalue weighted by Gasteiger charge is 2.49. The van der Waals surface area contributed by atoms with E-state index >= 15 is 0 Å². The van der Waals surface area contributed by atoms with Gasteiger partial charge in [0, 0.05) is 144 Å². The molecule has 0 bridgehead atoms. The van der Waals surface area contributed by atoms with E-state index in [-0.39, 0.29) is 139 Å². The summed E-state index contributed by atoms with van der Waals surface area (Å²) in [5, 5.41) is 24.3. The van der Waals surface area contributed by atoms with Crippen LogP contribution >= 0.6 is 0 Å². The molecule has 0 fully saturated rings. The van der Waals surface area contributed by atoms with Gasteiger partial charge in [-0.2, -0.15) is 8.42 Å². The Morgan fingerprint density at radius 3 is 2.19 bits per heavy atom. The SMILES string of the molecule is CCc1c2c(nc3ccc(O)cc13)-c1cc3c(c(=O)n1C2)CCC(=O)[C@@]3(CC)OC(=O)N(C)CCN(C)C(=O)OCc1ccc(NC(=O)[C@H](C)CC(=O)[C@@H](NC(=O)CCOCCOCCNC(=O)[C@@H](CC(=O)CCn2c3c(c4cccnc42)CN(C)N(C)C3)CS(=O)(=O)O)C(C)C)cc1. The van der Waals surface area contributed by atoms with Gasteiger partial charge in [-0.3, -0.25) is 38.1 Å². The maximum absolute atomic E-state index is 14.3. The Kier molecular flexibility index (Phi) is 24.2. The van der Waals surface area contributed by atoms with E-state index in [0.29, 0.717) is 58.8 Å². The maximum Gasteiger partial charge on any atom is 0.410 e. The predicted molar refractivity (Wildman–Crippen MR) is 366 cm³/mol. The molecule has 0 saturated heterocycles. The van der Waals surface area contributed by atoms with Crippen LogP contribution in [0.5, 0.6) is 5.75 Å². The fraction of sp³-hybridized carbons (Fsp3) is 0.500. The number of anilines is 1. The summed E-state index contributed by atoms with van der Waals surface area (Å²) in [6.45, 7) is 10.8. The van der Waals surface area contributed by atoms with Crippen LogP contribution in [0, 0.1) is 17.8 Å². The lowest BCUT2D eigenvalue weighted by molar-refractivity contribution is -0.141. The Labute approximate surface area is 574 Å². The van der Waals surface area contributed by atoms with Crippen LogP contribution < -0.4 is 21.5 Å². The van der Waals surface area contributed by atoms with Gasteiger partial charge in [-0.15, -0.1) is 0 Å². The van der Waals surface area contributed by atoms with Crippen LogP contribution in [0.25, 0.3) is 33.3 Å². The van der Waals surface area contributed by atoms with Crippen molar-refractivity contribution >= 4 is 85.0 Å². The normalized spacial score (nSPS) is 16.1. The lowest BCUT2D eigenvalue weighted by Gasteiger charge is -2.37. The number of carbonyl (C=O) groups is 8. The molecule has 5 amide bonds. The molecule has 6 aromatic rings. The Balaban J connectivity index is 0.648. The number of hydrazine groups is 1. The first kappa shape index (κ1) is 74.2. The first-order valence-electron chi connectivity index (χ1n) is 33.4. The van der Waals surface area contributed by atoms with Gasteiger partial charge < -0.3 is 58.9 Å². The number of nitrogens with one attached hydrogen (secondary N) is 3. The molecule has 0 radical (unpaired) electrons. The number of nitrogens with zero attached hydrogens (tertiary/aromatic N) is 8. The largest absolute Gasteiger partial charge is 0.508 e. The van der Waals surface area contributed by atoms with E-state index in [2.05, 4.69) is 31.0 Å². The van der Waals surface area contributed by atoms with Gasteiger partial charge in [0.2, 0.25) is 17.7 Å². The number of likely N-dealkylation sites (N-methyl/N-ethyl adjacent to an activating group) is 2. The van der Waals surface area contributed by atoms with E-state index in [1.807, 2.05) is 37.7 Å². The molecular weight excluding hydrogens is 1300 g/mol. The summed E-state index contributed by atoms with van der Waals surface area (Å²) in [6, 6.07) is 16.2. The number of aryl methyl sites for hydroxylation is 2. The van der Waals surface area contributed by atoms with E-state index in [1.165, 1.54) is 23.9 Å². The minimum absolute atomic E-state index is 0.000578. The summed E-state index contributed by atoms with van der Waals surface area (Å²) in [5.41, 5.74) is 6.17. The lowest BCUT2D eigenvalue weighted by atomic mass is 9.76. The van der Waals surface area contributed by atoms with Crippen molar-refractivity contribution in [2.45, 2.75) is 130 Å². The van der Waals surface area contributed by atoms with Crippen LogP contribution in [0.2, 0.25) is 0 Å². The number of benzene rings is 2. The number of rotatable bonds is 32. The fourth-order valence-electron chi connectivity index (χ4n) is 13.0. The molecule has 2 aliphatic heterocycles. The number of ketones is 3. The molecule has 4 aromatic heterocycles. The summed E-state index contributed by atoms with van der Waals surface area (Å²) < 4.78 is 59.8. The minimum Gasteiger partial charge on any atom is -0.508 e. The van der Waals surface area contributed by atoms with Crippen LogP contribution in [0.3, 0.4) is 0 Å². The molecule has 1 aliphatic carbocycles. The molecule has 2 aromatic carbocycles. The highest BCUT2D eigenvalue weighted by atomic mass is 32.2. The fourth-order valence-corrected chi connectivity index (χ4v) is 13.7. The Morgan fingerprint density at radius 1 is 0.788 bits per heavy atom. The van der Waals surface area contributed by atoms with Crippen molar-refractivity contribution < 1.29 is 75.4 Å². The highest BCUT2D eigenvalue weighted by Crippen LogP contribution is 2.43. The van der Waals surface area contributed by atoms with Gasteiger partial charge in [0.15, 0.2) is 17.2 Å². The Morgan fingerprint density at radius 2 is 1.49 bits per heavy atom. The van der Waals surface area contributed by atoms with E-state index in [1.54, 1.807) is 87.0 Å². The zero-order valence-electron chi connectivity index (χ0n) is 57.5. The van der Waals surface area contributed by atoms with Crippen molar-refractivity contribution in [3.8, 4) is 17.1 Å². The number of fused-ring (bicyclic) bond motifs is 8. The van der Waals surface area contributed by atoms with E-state index < -0.39 is 75.7 Å². The molecule has 532 valence electrons. The maximum atomic E-state index is 14.3. The van der Waals surface area contributed by atoms with Gasteiger partial charge in [-0.25, -0.2) is 29.6 Å². The molecule has 0 saturated carbocycles. The number of carbonyl (C=O) groups excluding carboxylic acids is 8. The van der Waals surface area contributed by atoms with E-state index in [9.17, 15) is 61.2 Å². The molecule has 28 nitrogen and oxygen atoms in total. The van der Waals surface area contributed by atoms with Crippen LogP contribution in [0.1, 0.15) is 112 Å². The second kappa shape index (κ2) is 32.3. The second-order valence-electron chi connectivity index (χ2n) is 26.0. The first-order valence-corrected chi connectivity index (χ1v) is 35.0. The number of Topliss-reactive ketones (excluding diaryl/α,β-unsaturated/α-hetero) is 3. The second-order valence-corrected chi connectivity index (χ2v) is 27.5. The van der Waals surface area contributed by atoms with Crippen LogP contribution in [0.4, 0.5) is 15.3 Å². The van der Waals surface area contributed by atoms with E-state index in [0.717, 1.165) is 38.8 Å². The van der Waals surface area contributed by atoms with Crippen LogP contribution in [-0.4, -0.2) is 190 Å². The molecule has 6 heterocycles. The molecule has 5 N–H and O–H groups in total. The lowest BCUT2D eigenvalue weighted by Crippen LogP contribution is -2.49. The van der Waals surface area contributed by atoms with Gasteiger partial charge in [0.1, 0.15) is 23.8 Å². The van der Waals surface area contributed by atoms with Crippen molar-refractivity contribution in [3.63, 3.8) is 0 Å². The number of phenolic OH excluding ortho intramolecular Hbond substituents is 1. The summed E-state index contributed by atoms with van der Waals surface area (Å²) in [5.74, 6) is -5.87. The monoisotopic (exact) mass is 1390 g/mol. The summed E-state index contributed by atoms with van der Waals surface area (Å²) in [6.07, 6.45) is 0.407. The van der Waals surface area contributed by atoms with E-state index in [4.69, 9.17) is 23.9 Å². The molecular formula is C70H89N11O17S. The third-order valence-corrected chi connectivity index (χ3v) is 19.5. The number of amides is 5. The number of pyridine rings is 3. The molecule has 29 heteroatoms. The average molecular weight is 1390 g/mol. The third-order valence-electron chi connectivity index (χ3n) is 18.7. The number of hydrogen-bond acceptors (Lipinski definition) is 20. The van der Waals surface area contributed by atoms with Gasteiger partial charge in [-0.1, -0.05) is 46.8 Å². The van der Waals surface area contributed by atoms with Crippen molar-refractivity contribution in [3.05, 3.63) is 116 Å². The minimum atomic E-state index is -4.61. The van der Waals surface area contributed by atoms with Crippen molar-refractivity contribution in [2.75, 3.05) is 85.3 Å². The van der Waals surface area contributed by atoms with Gasteiger partial charge in [-0.05, 0) is 90.4 Å². The van der Waals surface area contributed by atoms with Crippen molar-refractivity contribution in [1.82, 2.24) is 49.6 Å². The summed E-state index contributed by atoms with van der Waals surface area (Å²) >= 11 is 0. The number of aromatic nitrogens is 4. The molecule has 3 aliphatic rings. The van der Waals surface area contributed by atoms with Crippen molar-refractivity contribution in [1.29, 1.82) is 0 Å².